The lowest BCUT2D eigenvalue weighted by Gasteiger charge is -2.40. The van der Waals surface area contributed by atoms with E-state index >= 15 is 0 Å². The molecule has 0 spiro atoms. The summed E-state index contributed by atoms with van der Waals surface area (Å²) in [5.74, 6) is -0.448. The highest BCUT2D eigenvalue weighted by Gasteiger charge is 2.52. The number of fused-ring (bicyclic) bond motifs is 1. The van der Waals surface area contributed by atoms with Crippen LogP contribution in [0.25, 0.3) is 0 Å². The zero-order valence-corrected chi connectivity index (χ0v) is 8.51. The predicted octanol–water partition coefficient (Wildman–Crippen LogP) is 0.505. The van der Waals surface area contributed by atoms with Crippen molar-refractivity contribution >= 4 is 5.78 Å². The van der Waals surface area contributed by atoms with Gasteiger partial charge in [0.2, 0.25) is 11.4 Å². The smallest absolute Gasteiger partial charge is 0.210 e. The van der Waals surface area contributed by atoms with E-state index < -0.39 is 17.5 Å². The third-order valence-corrected chi connectivity index (χ3v) is 3.17. The summed E-state index contributed by atoms with van der Waals surface area (Å²) < 4.78 is 5.07. The number of ether oxygens (including phenoxy) is 1. The molecular formula is C11H14O4. The monoisotopic (exact) mass is 210 g/mol. The molecule has 4 heteroatoms. The number of hydrogen-bond donors (Lipinski definition) is 2. The normalized spacial score (nSPS) is 39.4. The topological polar surface area (TPSA) is 66.8 Å². The number of aliphatic hydroxyl groups excluding tert-OH is 1. The molecule has 15 heavy (non-hydrogen) atoms. The lowest BCUT2D eigenvalue weighted by atomic mass is 9.75. The molecule has 0 amide bonds. The number of allylic oxidation sites excluding steroid dienone is 1. The Hall–Kier alpha value is -1.13. The van der Waals surface area contributed by atoms with Gasteiger partial charge in [0.25, 0.3) is 0 Å². The minimum absolute atomic E-state index is 0.0993. The van der Waals surface area contributed by atoms with Gasteiger partial charge in [-0.25, -0.2) is 0 Å². The van der Waals surface area contributed by atoms with Gasteiger partial charge in [-0.05, 0) is 18.4 Å². The summed E-state index contributed by atoms with van der Waals surface area (Å²) in [6.07, 6.45) is 4.32. The molecule has 0 aromatic heterocycles. The third-order valence-electron chi connectivity index (χ3n) is 3.17. The number of rotatable bonds is 1. The van der Waals surface area contributed by atoms with Gasteiger partial charge < -0.3 is 14.9 Å². The lowest BCUT2D eigenvalue weighted by Crippen LogP contribution is -2.56. The van der Waals surface area contributed by atoms with Crippen LogP contribution >= 0.6 is 0 Å². The highest BCUT2D eigenvalue weighted by molar-refractivity contribution is 6.00. The second-order valence-electron chi connectivity index (χ2n) is 3.97. The molecule has 0 aromatic rings. The molecule has 2 rings (SSSR count). The van der Waals surface area contributed by atoms with Crippen molar-refractivity contribution in [2.45, 2.75) is 31.5 Å². The summed E-state index contributed by atoms with van der Waals surface area (Å²) in [6, 6.07) is 0. The maximum Gasteiger partial charge on any atom is 0.210 e. The van der Waals surface area contributed by atoms with Gasteiger partial charge in [0.05, 0.1) is 6.26 Å². The van der Waals surface area contributed by atoms with E-state index in [1.165, 1.54) is 6.26 Å². The fourth-order valence-electron chi connectivity index (χ4n) is 2.12. The van der Waals surface area contributed by atoms with Gasteiger partial charge in [-0.1, -0.05) is 13.3 Å². The van der Waals surface area contributed by atoms with Crippen molar-refractivity contribution in [1.82, 2.24) is 0 Å². The van der Waals surface area contributed by atoms with Crippen LogP contribution in [0.2, 0.25) is 0 Å². The molecule has 2 aliphatic rings. The van der Waals surface area contributed by atoms with E-state index in [0.717, 1.165) is 6.08 Å². The Balaban J connectivity index is 2.43. The maximum absolute atomic E-state index is 11.6. The molecule has 1 heterocycles. The summed E-state index contributed by atoms with van der Waals surface area (Å²) >= 11 is 0. The van der Waals surface area contributed by atoms with E-state index in [2.05, 4.69) is 0 Å². The van der Waals surface area contributed by atoms with Gasteiger partial charge in [-0.3, -0.25) is 4.79 Å². The zero-order valence-electron chi connectivity index (χ0n) is 8.51. The molecule has 2 N–H and O–H groups in total. The van der Waals surface area contributed by atoms with Crippen LogP contribution in [0, 0.1) is 5.92 Å². The number of ketones is 1. The molecule has 3 atom stereocenters. The summed E-state index contributed by atoms with van der Waals surface area (Å²) in [7, 11) is 0. The quantitative estimate of drug-likeness (QED) is 0.661. The number of hydrogen-bond acceptors (Lipinski definition) is 4. The first-order valence-electron chi connectivity index (χ1n) is 5.09. The Morgan fingerprint density at radius 3 is 3.07 bits per heavy atom. The first-order chi connectivity index (χ1) is 7.10. The standard InChI is InChI=1S/C11H14O4/c1-2-7-3-4-9-11(14,10(7)13)8(12)5-6-15-9/h4-7,10,13-14H,2-3H2,1H3/t7-,10-,11+/m1/s1. The van der Waals surface area contributed by atoms with Crippen molar-refractivity contribution in [3.05, 3.63) is 24.2 Å². The first kappa shape index (κ1) is 10.4. The Morgan fingerprint density at radius 1 is 1.67 bits per heavy atom. The van der Waals surface area contributed by atoms with Crippen LogP contribution in [-0.4, -0.2) is 27.7 Å². The third kappa shape index (κ3) is 1.33. The van der Waals surface area contributed by atoms with Gasteiger partial charge in [0, 0.05) is 6.08 Å². The van der Waals surface area contributed by atoms with E-state index in [9.17, 15) is 15.0 Å². The van der Waals surface area contributed by atoms with E-state index in [4.69, 9.17) is 4.74 Å². The van der Waals surface area contributed by atoms with Crippen molar-refractivity contribution in [2.75, 3.05) is 0 Å². The van der Waals surface area contributed by atoms with Gasteiger partial charge in [0.15, 0.2) is 0 Å². The Morgan fingerprint density at radius 2 is 2.40 bits per heavy atom. The fraction of sp³-hybridized carbons (Fsp3) is 0.545. The zero-order chi connectivity index (χ0) is 11.1. The average Bonchev–Trinajstić information content (AvgIpc) is 2.23. The first-order valence-corrected chi connectivity index (χ1v) is 5.09. The minimum atomic E-state index is -1.87. The van der Waals surface area contributed by atoms with Crippen molar-refractivity contribution in [3.8, 4) is 0 Å². The molecule has 1 aliphatic carbocycles. The highest BCUT2D eigenvalue weighted by atomic mass is 16.5. The second-order valence-corrected chi connectivity index (χ2v) is 3.97. The molecule has 4 nitrogen and oxygen atoms in total. The van der Waals surface area contributed by atoms with E-state index in [0.29, 0.717) is 12.8 Å². The minimum Gasteiger partial charge on any atom is -0.466 e. The van der Waals surface area contributed by atoms with Gasteiger partial charge in [0.1, 0.15) is 11.9 Å². The molecule has 0 aromatic carbocycles. The second kappa shape index (κ2) is 3.47. The van der Waals surface area contributed by atoms with Crippen molar-refractivity contribution in [2.24, 2.45) is 5.92 Å². The largest absolute Gasteiger partial charge is 0.466 e. The Kier molecular flexibility index (Phi) is 2.40. The van der Waals surface area contributed by atoms with Crippen LogP contribution in [0.1, 0.15) is 19.8 Å². The summed E-state index contributed by atoms with van der Waals surface area (Å²) in [4.78, 5) is 11.6. The van der Waals surface area contributed by atoms with E-state index in [-0.39, 0.29) is 11.7 Å². The molecule has 82 valence electrons. The van der Waals surface area contributed by atoms with Crippen LogP contribution in [0.15, 0.2) is 24.2 Å². The lowest BCUT2D eigenvalue weighted by molar-refractivity contribution is -0.153. The van der Waals surface area contributed by atoms with Crippen LogP contribution in [-0.2, 0) is 9.53 Å². The molecule has 1 aliphatic heterocycles. The van der Waals surface area contributed by atoms with Crippen molar-refractivity contribution in [3.63, 3.8) is 0 Å². The average molecular weight is 210 g/mol. The van der Waals surface area contributed by atoms with Gasteiger partial charge in [-0.2, -0.15) is 0 Å². The Labute approximate surface area is 87.9 Å². The number of aliphatic hydroxyl groups is 2. The summed E-state index contributed by atoms with van der Waals surface area (Å²) in [5.41, 5.74) is -1.87. The highest BCUT2D eigenvalue weighted by Crippen LogP contribution is 2.38. The molecule has 0 unspecified atom stereocenters. The van der Waals surface area contributed by atoms with E-state index in [1.54, 1.807) is 6.08 Å². The molecular weight excluding hydrogens is 196 g/mol. The molecule has 0 fully saturated rings. The molecule has 0 saturated carbocycles. The van der Waals surface area contributed by atoms with Crippen molar-refractivity contribution < 1.29 is 19.7 Å². The number of carbonyl (C=O) groups is 1. The van der Waals surface area contributed by atoms with Gasteiger partial charge in [-0.15, -0.1) is 0 Å². The molecule has 0 saturated heterocycles. The maximum atomic E-state index is 11.6. The predicted molar refractivity (Wildman–Crippen MR) is 52.7 cm³/mol. The Bertz CT molecular complexity index is 344. The molecule has 0 radical (unpaired) electrons. The SMILES string of the molecule is CC[C@@H]1CC=C2OC=CC(=O)[C@@]2(O)[C@@H]1O. The van der Waals surface area contributed by atoms with Crippen LogP contribution < -0.4 is 0 Å². The summed E-state index contributed by atoms with van der Waals surface area (Å²) in [6.45, 7) is 1.92. The van der Waals surface area contributed by atoms with Crippen molar-refractivity contribution in [1.29, 1.82) is 0 Å². The van der Waals surface area contributed by atoms with Gasteiger partial charge >= 0.3 is 0 Å². The van der Waals surface area contributed by atoms with Crippen LogP contribution in [0.5, 0.6) is 0 Å². The number of carbonyl (C=O) groups excluding carboxylic acids is 1. The fourth-order valence-corrected chi connectivity index (χ4v) is 2.12. The molecule has 0 bridgehead atoms. The van der Waals surface area contributed by atoms with Crippen LogP contribution in [0.4, 0.5) is 0 Å². The van der Waals surface area contributed by atoms with Crippen LogP contribution in [0.3, 0.4) is 0 Å². The summed E-state index contributed by atoms with van der Waals surface area (Å²) in [5, 5.41) is 20.2. The van der Waals surface area contributed by atoms with E-state index in [1.807, 2.05) is 6.92 Å².